The van der Waals surface area contributed by atoms with Crippen LogP contribution >= 0.6 is 23.1 Å². The first-order valence-corrected chi connectivity index (χ1v) is 13.3. The molecule has 2 heterocycles. The Kier molecular flexibility index (Phi) is 8.16. The normalized spacial score (nSPS) is 10.8. The van der Waals surface area contributed by atoms with Crippen molar-refractivity contribution in [2.75, 3.05) is 6.61 Å². The van der Waals surface area contributed by atoms with E-state index < -0.39 is 0 Å². The standard InChI is InChI=1S/C29H28NO3S2/c1-4-33-25(31)18-24-26(30-16-14-20(2)15-17-30)29(34-19-23-13-9-8-10-21(23)3)35-28(24)27(32)22-11-6-5-7-12-22/h5-17H,4,18-19H2,1-3H3/q+1. The Morgan fingerprint density at radius 2 is 1.63 bits per heavy atom. The van der Waals surface area contributed by atoms with Gasteiger partial charge < -0.3 is 4.74 Å². The summed E-state index contributed by atoms with van der Waals surface area (Å²) in [5, 5.41) is 0. The second-order valence-electron chi connectivity index (χ2n) is 8.22. The van der Waals surface area contributed by atoms with E-state index in [1.54, 1.807) is 18.7 Å². The van der Waals surface area contributed by atoms with Crippen LogP contribution in [-0.4, -0.2) is 18.4 Å². The van der Waals surface area contributed by atoms with Gasteiger partial charge in [0, 0.05) is 23.4 Å². The Morgan fingerprint density at radius 3 is 2.31 bits per heavy atom. The fourth-order valence-corrected chi connectivity index (χ4v) is 6.43. The van der Waals surface area contributed by atoms with Gasteiger partial charge in [0.05, 0.1) is 23.5 Å². The van der Waals surface area contributed by atoms with Crippen molar-refractivity contribution in [2.24, 2.45) is 0 Å². The summed E-state index contributed by atoms with van der Waals surface area (Å²) in [6.07, 6.45) is 4.01. The lowest BCUT2D eigenvalue weighted by atomic mass is 10.0. The highest BCUT2D eigenvalue weighted by atomic mass is 32.2. The van der Waals surface area contributed by atoms with Gasteiger partial charge in [-0.1, -0.05) is 54.6 Å². The smallest absolute Gasteiger partial charge is 0.310 e. The van der Waals surface area contributed by atoms with E-state index in [4.69, 9.17) is 4.74 Å². The number of ether oxygens (including phenoxy) is 1. The molecule has 0 amide bonds. The maximum absolute atomic E-state index is 13.6. The third-order valence-corrected chi connectivity index (χ3v) is 8.22. The minimum absolute atomic E-state index is 0.0411. The van der Waals surface area contributed by atoms with E-state index in [1.807, 2.05) is 78.5 Å². The topological polar surface area (TPSA) is 47.3 Å². The van der Waals surface area contributed by atoms with Gasteiger partial charge >= 0.3 is 5.97 Å². The first kappa shape index (κ1) is 24.9. The van der Waals surface area contributed by atoms with Gasteiger partial charge in [-0.3, -0.25) is 9.59 Å². The van der Waals surface area contributed by atoms with Crippen molar-refractivity contribution in [2.45, 2.75) is 37.2 Å². The first-order chi connectivity index (χ1) is 17.0. The van der Waals surface area contributed by atoms with E-state index in [1.165, 1.54) is 22.5 Å². The molecule has 2 aromatic carbocycles. The van der Waals surface area contributed by atoms with Crippen molar-refractivity contribution in [3.63, 3.8) is 0 Å². The van der Waals surface area contributed by atoms with Gasteiger partial charge in [0.1, 0.15) is 4.21 Å². The highest BCUT2D eigenvalue weighted by molar-refractivity contribution is 8.00. The number of hydrogen-bond acceptors (Lipinski definition) is 5. The number of nitrogens with zero attached hydrogens (tertiary/aromatic N) is 1. The predicted molar refractivity (Wildman–Crippen MR) is 142 cm³/mol. The monoisotopic (exact) mass is 502 g/mol. The molecule has 4 nitrogen and oxygen atoms in total. The summed E-state index contributed by atoms with van der Waals surface area (Å²) >= 11 is 3.15. The number of pyridine rings is 1. The van der Waals surface area contributed by atoms with Gasteiger partial charge in [0.15, 0.2) is 12.4 Å². The van der Waals surface area contributed by atoms with Crippen LogP contribution in [0.2, 0.25) is 0 Å². The SMILES string of the molecule is CCOC(=O)Cc1c(C(=O)c2ccccc2)sc(SCc2ccccc2C)c1-[n+]1ccc(C)cc1. The van der Waals surface area contributed by atoms with Crippen LogP contribution in [0.25, 0.3) is 5.69 Å². The molecule has 0 aliphatic carbocycles. The van der Waals surface area contributed by atoms with Crippen LogP contribution in [0.4, 0.5) is 0 Å². The number of carbonyl (C=O) groups excluding carboxylic acids is 2. The van der Waals surface area contributed by atoms with E-state index in [2.05, 4.69) is 19.1 Å². The van der Waals surface area contributed by atoms with E-state index in [-0.39, 0.29) is 18.2 Å². The van der Waals surface area contributed by atoms with Crippen molar-refractivity contribution in [1.82, 2.24) is 0 Å². The highest BCUT2D eigenvalue weighted by Gasteiger charge is 2.31. The Hall–Kier alpha value is -3.22. The van der Waals surface area contributed by atoms with Gasteiger partial charge in [0.2, 0.25) is 11.5 Å². The van der Waals surface area contributed by atoms with E-state index in [0.717, 1.165) is 21.2 Å². The number of aryl methyl sites for hydroxylation is 2. The molecule has 0 radical (unpaired) electrons. The number of esters is 1. The quantitative estimate of drug-likeness (QED) is 0.117. The minimum Gasteiger partial charge on any atom is -0.466 e. The van der Waals surface area contributed by atoms with Crippen molar-refractivity contribution in [3.05, 3.63) is 112 Å². The van der Waals surface area contributed by atoms with E-state index in [9.17, 15) is 9.59 Å². The van der Waals surface area contributed by atoms with Gasteiger partial charge in [-0.2, -0.15) is 4.57 Å². The van der Waals surface area contributed by atoms with Crippen LogP contribution in [-0.2, 0) is 21.7 Å². The zero-order chi connectivity index (χ0) is 24.8. The van der Waals surface area contributed by atoms with Gasteiger partial charge in [-0.05, 0) is 37.5 Å². The summed E-state index contributed by atoms with van der Waals surface area (Å²) in [6.45, 7) is 6.24. The molecular formula is C29H28NO3S2+. The Labute approximate surface area is 214 Å². The lowest BCUT2D eigenvalue weighted by molar-refractivity contribution is -0.598. The average Bonchev–Trinajstić information content (AvgIpc) is 3.22. The molecular weight excluding hydrogens is 474 g/mol. The number of ketones is 1. The molecule has 0 aliphatic heterocycles. The Morgan fingerprint density at radius 1 is 0.943 bits per heavy atom. The zero-order valence-corrected chi connectivity index (χ0v) is 21.7. The Bertz CT molecular complexity index is 1330. The van der Waals surface area contributed by atoms with Crippen LogP contribution < -0.4 is 4.57 Å². The fourth-order valence-electron chi connectivity index (χ4n) is 3.78. The molecule has 4 rings (SSSR count). The molecule has 0 N–H and O–H groups in total. The van der Waals surface area contributed by atoms with Gasteiger partial charge in [0.25, 0.3) is 0 Å². The number of aromatic nitrogens is 1. The third-order valence-electron chi connectivity index (χ3n) is 5.69. The molecule has 0 saturated carbocycles. The second-order valence-corrected chi connectivity index (χ2v) is 10.5. The highest BCUT2D eigenvalue weighted by Crippen LogP contribution is 2.40. The number of thioether (sulfide) groups is 1. The second kappa shape index (κ2) is 11.5. The molecule has 4 aromatic rings. The van der Waals surface area contributed by atoms with Crippen molar-refractivity contribution < 1.29 is 18.9 Å². The van der Waals surface area contributed by atoms with Crippen LogP contribution in [0.15, 0.2) is 83.3 Å². The van der Waals surface area contributed by atoms with Crippen LogP contribution in [0, 0.1) is 13.8 Å². The number of carbonyl (C=O) groups is 2. The van der Waals surface area contributed by atoms with E-state index >= 15 is 0 Å². The van der Waals surface area contributed by atoms with Gasteiger partial charge in [-0.25, -0.2) is 0 Å². The summed E-state index contributed by atoms with van der Waals surface area (Å²) in [7, 11) is 0. The van der Waals surface area contributed by atoms with E-state index in [0.29, 0.717) is 22.6 Å². The van der Waals surface area contributed by atoms with Crippen molar-refractivity contribution in [1.29, 1.82) is 0 Å². The lowest BCUT2D eigenvalue weighted by Crippen LogP contribution is -2.31. The van der Waals surface area contributed by atoms with Crippen LogP contribution in [0.5, 0.6) is 0 Å². The summed E-state index contributed by atoms with van der Waals surface area (Å²) in [4.78, 5) is 26.9. The summed E-state index contributed by atoms with van der Waals surface area (Å²) < 4.78 is 8.30. The molecule has 178 valence electrons. The first-order valence-electron chi connectivity index (χ1n) is 11.5. The van der Waals surface area contributed by atoms with Crippen LogP contribution in [0.1, 0.15) is 44.4 Å². The molecule has 0 spiro atoms. The number of hydrogen-bond donors (Lipinski definition) is 0. The van der Waals surface area contributed by atoms with Gasteiger partial charge in [-0.15, -0.1) is 23.1 Å². The third kappa shape index (κ3) is 5.89. The molecule has 0 aliphatic rings. The molecule has 0 fully saturated rings. The fraction of sp³-hybridized carbons (Fsp3) is 0.207. The Balaban J connectivity index is 1.85. The zero-order valence-electron chi connectivity index (χ0n) is 20.1. The number of benzene rings is 2. The van der Waals surface area contributed by atoms with Crippen LogP contribution in [0.3, 0.4) is 0 Å². The molecule has 0 atom stereocenters. The molecule has 2 aromatic heterocycles. The lowest BCUT2D eigenvalue weighted by Gasteiger charge is -2.06. The maximum atomic E-state index is 13.6. The maximum Gasteiger partial charge on any atom is 0.310 e. The molecule has 0 saturated heterocycles. The predicted octanol–water partition coefficient (Wildman–Crippen LogP) is 6.27. The molecule has 35 heavy (non-hydrogen) atoms. The summed E-state index contributed by atoms with van der Waals surface area (Å²) in [5.41, 5.74) is 5.80. The number of rotatable bonds is 9. The molecule has 0 bridgehead atoms. The minimum atomic E-state index is -0.336. The van der Waals surface area contributed by atoms with Crippen molar-refractivity contribution in [3.8, 4) is 5.69 Å². The average molecular weight is 503 g/mol. The molecule has 6 heteroatoms. The number of thiophene rings is 1. The van der Waals surface area contributed by atoms with Crippen molar-refractivity contribution >= 4 is 34.9 Å². The summed E-state index contributed by atoms with van der Waals surface area (Å²) in [6, 6.07) is 21.6. The largest absolute Gasteiger partial charge is 0.466 e. The summed E-state index contributed by atoms with van der Waals surface area (Å²) in [5.74, 6) is 0.355. The molecule has 0 unspecified atom stereocenters.